The Morgan fingerprint density at radius 1 is 1.22 bits per heavy atom. The zero-order valence-electron chi connectivity index (χ0n) is 19.4. The second-order valence-corrected chi connectivity index (χ2v) is 12.6. The average molecular weight is 455 g/mol. The second-order valence-electron chi connectivity index (χ2n) is 9.14. The van der Waals surface area contributed by atoms with Crippen molar-refractivity contribution < 1.29 is 9.67 Å². The normalized spacial score (nSPS) is 21.7. The third kappa shape index (κ3) is 3.94. The summed E-state index contributed by atoms with van der Waals surface area (Å²) in [4.78, 5) is 12.5. The van der Waals surface area contributed by atoms with Crippen molar-refractivity contribution in [2.75, 3.05) is 17.6 Å². The number of nitrogens with one attached hydrogen (secondary N) is 2. The van der Waals surface area contributed by atoms with E-state index in [9.17, 15) is 9.67 Å². The SMILES string of the molecule is CCCP(=O)(CCC)C1(c2nc(C)c(O)[nH]2)CCCCC1Nc1cnc2ccccc2c1. The Labute approximate surface area is 190 Å². The van der Waals surface area contributed by atoms with Gasteiger partial charge in [-0.1, -0.05) is 44.9 Å². The number of aromatic nitrogens is 3. The molecule has 0 radical (unpaired) electrons. The highest BCUT2D eigenvalue weighted by atomic mass is 31.2. The number of aromatic hydroxyl groups is 1. The molecule has 0 saturated heterocycles. The van der Waals surface area contributed by atoms with E-state index in [4.69, 9.17) is 4.98 Å². The third-order valence-corrected chi connectivity index (χ3v) is 11.5. The molecule has 0 amide bonds. The molecule has 1 aliphatic rings. The van der Waals surface area contributed by atoms with Crippen LogP contribution in [0.2, 0.25) is 0 Å². The van der Waals surface area contributed by atoms with E-state index < -0.39 is 12.3 Å². The molecular formula is C25H35N4O2P. The van der Waals surface area contributed by atoms with Gasteiger partial charge in [0.05, 0.1) is 23.1 Å². The molecular weight excluding hydrogens is 419 g/mol. The molecule has 172 valence electrons. The van der Waals surface area contributed by atoms with Gasteiger partial charge >= 0.3 is 0 Å². The lowest BCUT2D eigenvalue weighted by molar-refractivity contribution is 0.332. The number of H-pyrrole nitrogens is 1. The Balaban J connectivity index is 1.84. The molecule has 1 aromatic carbocycles. The Morgan fingerprint density at radius 3 is 2.66 bits per heavy atom. The number of aryl methyl sites for hydroxylation is 1. The summed E-state index contributed by atoms with van der Waals surface area (Å²) in [7, 11) is -2.68. The van der Waals surface area contributed by atoms with Crippen LogP contribution in [-0.2, 0) is 9.72 Å². The van der Waals surface area contributed by atoms with Crippen LogP contribution in [0.3, 0.4) is 0 Å². The first kappa shape index (κ1) is 22.8. The number of nitrogens with zero attached hydrogens (tertiary/aromatic N) is 2. The lowest BCUT2D eigenvalue weighted by Crippen LogP contribution is -2.48. The van der Waals surface area contributed by atoms with Gasteiger partial charge in [0.1, 0.15) is 18.1 Å². The third-order valence-electron chi connectivity index (χ3n) is 6.97. The minimum Gasteiger partial charge on any atom is -0.493 e. The first-order chi connectivity index (χ1) is 15.4. The lowest BCUT2D eigenvalue weighted by atomic mass is 9.82. The van der Waals surface area contributed by atoms with Crippen molar-refractivity contribution in [2.45, 2.75) is 70.5 Å². The van der Waals surface area contributed by atoms with Gasteiger partial charge in [0.2, 0.25) is 5.88 Å². The van der Waals surface area contributed by atoms with Crippen LogP contribution in [0.4, 0.5) is 5.69 Å². The van der Waals surface area contributed by atoms with Crippen molar-refractivity contribution in [2.24, 2.45) is 0 Å². The number of anilines is 1. The molecule has 1 fully saturated rings. The number of hydrogen-bond donors (Lipinski definition) is 3. The van der Waals surface area contributed by atoms with Gasteiger partial charge in [-0.2, -0.15) is 0 Å². The van der Waals surface area contributed by atoms with Gasteiger partial charge < -0.3 is 20.0 Å². The van der Waals surface area contributed by atoms with Gasteiger partial charge in [0.25, 0.3) is 0 Å². The number of rotatable bonds is 8. The van der Waals surface area contributed by atoms with E-state index in [1.54, 1.807) is 6.92 Å². The van der Waals surface area contributed by atoms with Gasteiger partial charge in [0, 0.05) is 23.8 Å². The summed E-state index contributed by atoms with van der Waals surface area (Å²) in [6.07, 6.45) is 8.78. The summed E-state index contributed by atoms with van der Waals surface area (Å²) < 4.78 is 14.8. The average Bonchev–Trinajstić information content (AvgIpc) is 3.13. The van der Waals surface area contributed by atoms with Crippen LogP contribution in [0, 0.1) is 6.92 Å². The highest BCUT2D eigenvalue weighted by Gasteiger charge is 2.56. The van der Waals surface area contributed by atoms with Crippen LogP contribution >= 0.6 is 7.14 Å². The summed E-state index contributed by atoms with van der Waals surface area (Å²) in [5.41, 5.74) is 2.46. The fourth-order valence-corrected chi connectivity index (χ4v) is 9.84. The van der Waals surface area contributed by atoms with E-state index in [1.807, 2.05) is 24.4 Å². The minimum atomic E-state index is -2.68. The molecule has 3 aromatic rings. The number of imidazole rings is 1. The van der Waals surface area contributed by atoms with Gasteiger partial charge in [0.15, 0.2) is 0 Å². The van der Waals surface area contributed by atoms with Gasteiger partial charge in [-0.25, -0.2) is 4.98 Å². The van der Waals surface area contributed by atoms with Gasteiger partial charge in [-0.05, 0) is 44.7 Å². The minimum absolute atomic E-state index is 0.0481. The zero-order valence-corrected chi connectivity index (χ0v) is 20.3. The summed E-state index contributed by atoms with van der Waals surface area (Å²) in [6, 6.07) is 10.2. The molecule has 1 aliphatic carbocycles. The van der Waals surface area contributed by atoms with Crippen molar-refractivity contribution in [1.82, 2.24) is 15.0 Å². The summed E-state index contributed by atoms with van der Waals surface area (Å²) in [5, 5.41) is 14.6. The number of para-hydroxylation sites is 1. The maximum Gasteiger partial charge on any atom is 0.211 e. The standard InChI is InChI=1S/C25H35N4O2P/c1-4-14-32(31,15-5-2)25(24-27-18(3)23(30)29-24)13-9-8-12-22(25)28-20-16-19-10-6-7-11-21(19)26-17-20/h6-7,10-11,16-17,22,28,30H,4-5,8-9,12-15H2,1-3H3,(H,27,29). The van der Waals surface area contributed by atoms with Crippen molar-refractivity contribution in [3.63, 3.8) is 0 Å². The molecule has 2 heterocycles. The van der Waals surface area contributed by atoms with Crippen LogP contribution in [0.5, 0.6) is 5.88 Å². The highest BCUT2D eigenvalue weighted by Crippen LogP contribution is 2.69. The van der Waals surface area contributed by atoms with Gasteiger partial charge in [-0.15, -0.1) is 0 Å². The molecule has 6 nitrogen and oxygen atoms in total. The van der Waals surface area contributed by atoms with E-state index in [0.29, 0.717) is 23.8 Å². The molecule has 0 aliphatic heterocycles. The van der Waals surface area contributed by atoms with E-state index in [1.165, 1.54) is 0 Å². The lowest BCUT2D eigenvalue weighted by Gasteiger charge is -2.48. The fraction of sp³-hybridized carbons (Fsp3) is 0.520. The molecule has 7 heteroatoms. The molecule has 2 aromatic heterocycles. The first-order valence-electron chi connectivity index (χ1n) is 11.9. The maximum absolute atomic E-state index is 14.8. The Morgan fingerprint density at radius 2 is 1.97 bits per heavy atom. The Kier molecular flexibility index (Phi) is 6.62. The van der Waals surface area contributed by atoms with Crippen molar-refractivity contribution >= 4 is 23.7 Å². The fourth-order valence-electron chi connectivity index (χ4n) is 5.55. The smallest absolute Gasteiger partial charge is 0.211 e. The molecule has 1 saturated carbocycles. The quantitative estimate of drug-likeness (QED) is 0.342. The summed E-state index contributed by atoms with van der Waals surface area (Å²) >= 11 is 0. The number of aromatic amines is 1. The molecule has 2 atom stereocenters. The second kappa shape index (κ2) is 9.27. The van der Waals surface area contributed by atoms with Crippen LogP contribution in [0.1, 0.15) is 63.9 Å². The highest BCUT2D eigenvalue weighted by molar-refractivity contribution is 7.65. The summed E-state index contributed by atoms with van der Waals surface area (Å²) in [6.45, 7) is 6.02. The van der Waals surface area contributed by atoms with Crippen molar-refractivity contribution in [1.29, 1.82) is 0 Å². The van der Waals surface area contributed by atoms with Crippen LogP contribution in [0.15, 0.2) is 36.5 Å². The largest absolute Gasteiger partial charge is 0.493 e. The van der Waals surface area contributed by atoms with E-state index in [2.05, 4.69) is 41.3 Å². The first-order valence-corrected chi connectivity index (χ1v) is 14.0. The van der Waals surface area contributed by atoms with E-state index in [0.717, 1.165) is 55.1 Å². The van der Waals surface area contributed by atoms with E-state index in [-0.39, 0.29) is 11.9 Å². The summed E-state index contributed by atoms with van der Waals surface area (Å²) in [5.74, 6) is 0.763. The van der Waals surface area contributed by atoms with E-state index >= 15 is 0 Å². The molecule has 3 N–H and O–H groups in total. The topological polar surface area (TPSA) is 90.9 Å². The van der Waals surface area contributed by atoms with Crippen LogP contribution in [0.25, 0.3) is 10.9 Å². The number of fused-ring (bicyclic) bond motifs is 1. The molecule has 0 bridgehead atoms. The van der Waals surface area contributed by atoms with Crippen molar-refractivity contribution in [3.05, 3.63) is 48.0 Å². The molecule has 32 heavy (non-hydrogen) atoms. The monoisotopic (exact) mass is 454 g/mol. The Bertz CT molecular complexity index is 1100. The number of hydrogen-bond acceptors (Lipinski definition) is 5. The molecule has 0 spiro atoms. The predicted octanol–water partition coefficient (Wildman–Crippen LogP) is 6.41. The molecule has 2 unspecified atom stereocenters. The van der Waals surface area contributed by atoms with Crippen LogP contribution < -0.4 is 5.32 Å². The van der Waals surface area contributed by atoms with Gasteiger partial charge in [-0.3, -0.25) is 4.98 Å². The number of pyridine rings is 1. The molecule has 4 rings (SSSR count). The predicted molar refractivity (Wildman–Crippen MR) is 132 cm³/mol. The number of benzene rings is 1. The van der Waals surface area contributed by atoms with Crippen LogP contribution in [-0.4, -0.2) is 38.4 Å². The Hall–Kier alpha value is -2.33. The van der Waals surface area contributed by atoms with Crippen molar-refractivity contribution in [3.8, 4) is 5.88 Å². The zero-order chi connectivity index (χ0) is 22.8. The maximum atomic E-state index is 14.8.